The van der Waals surface area contributed by atoms with Crippen LogP contribution in [0.5, 0.6) is 0 Å². The number of aliphatic hydroxyl groups excluding tert-OH is 1. The zero-order valence-electron chi connectivity index (χ0n) is 30.5. The number of nitrogens with two attached hydrogens (primary N) is 1. The van der Waals surface area contributed by atoms with Crippen LogP contribution in [0, 0.1) is 12.3 Å². The minimum Gasteiger partial charge on any atom is -0.391 e. The van der Waals surface area contributed by atoms with E-state index in [1.807, 2.05) is 16.7 Å². The molecule has 3 N–H and O–H groups in total. The molecule has 2 amide bonds. The standard InChI is InChI=1S/C37H49ClN6O9S/c1-3-14-50-15-16-51-17-18-52-19-20-53-21-23-54(48,49)22-4-11-43-31-6-5-28(38)24-30(31)41-33(43)26-44-32-25-40-10-7-29(32)37(36(44)47)8-12-42(13-9-37)35(46)34(39)27(2)45/h1,5-7,10,24-25,27,34,45H,4,8-9,11-23,26,39H2,2H3/t27-,34+/m1/s1. The second kappa shape index (κ2) is 19.3. The van der Waals surface area contributed by atoms with Gasteiger partial charge in [0.1, 0.15) is 18.5 Å². The molecule has 3 aromatic rings. The van der Waals surface area contributed by atoms with E-state index in [9.17, 15) is 23.1 Å². The average molecular weight is 789 g/mol. The number of aryl methyl sites for hydroxylation is 1. The van der Waals surface area contributed by atoms with Crippen molar-refractivity contribution in [1.82, 2.24) is 19.4 Å². The van der Waals surface area contributed by atoms with Gasteiger partial charge >= 0.3 is 0 Å². The molecule has 2 aromatic heterocycles. The first kappa shape index (κ1) is 41.5. The number of piperidine rings is 1. The lowest BCUT2D eigenvalue weighted by molar-refractivity contribution is -0.138. The van der Waals surface area contributed by atoms with E-state index in [0.29, 0.717) is 94.0 Å². The first-order valence-electron chi connectivity index (χ1n) is 18.1. The van der Waals surface area contributed by atoms with E-state index < -0.39 is 27.4 Å². The molecule has 54 heavy (non-hydrogen) atoms. The number of rotatable bonds is 21. The van der Waals surface area contributed by atoms with Crippen molar-refractivity contribution < 1.29 is 42.1 Å². The average Bonchev–Trinajstić information content (AvgIpc) is 3.60. The fourth-order valence-electron chi connectivity index (χ4n) is 6.84. The Morgan fingerprint density at radius 2 is 1.72 bits per heavy atom. The van der Waals surface area contributed by atoms with Crippen molar-refractivity contribution in [3.05, 3.63) is 53.1 Å². The molecule has 1 fully saturated rings. The zero-order chi connectivity index (χ0) is 38.7. The predicted octanol–water partition coefficient (Wildman–Crippen LogP) is 1.70. The highest BCUT2D eigenvalue weighted by Gasteiger charge is 2.53. The predicted molar refractivity (Wildman–Crippen MR) is 203 cm³/mol. The van der Waals surface area contributed by atoms with Crippen LogP contribution in [0.15, 0.2) is 36.7 Å². The number of aliphatic hydroxyl groups is 1. The summed E-state index contributed by atoms with van der Waals surface area (Å²) in [4.78, 5) is 39.8. The van der Waals surface area contributed by atoms with Crippen molar-refractivity contribution >= 4 is 50.0 Å². The molecule has 2 aliphatic rings. The Labute approximate surface area is 320 Å². The van der Waals surface area contributed by atoms with Gasteiger partial charge in [0.25, 0.3) is 0 Å². The van der Waals surface area contributed by atoms with Crippen LogP contribution >= 0.6 is 11.6 Å². The van der Waals surface area contributed by atoms with Crippen LogP contribution in [0.2, 0.25) is 5.02 Å². The Morgan fingerprint density at radius 1 is 1.06 bits per heavy atom. The molecule has 0 unspecified atom stereocenters. The van der Waals surface area contributed by atoms with Crippen LogP contribution in [-0.2, 0) is 56.9 Å². The van der Waals surface area contributed by atoms with Crippen LogP contribution in [0.1, 0.15) is 37.6 Å². The third-order valence-electron chi connectivity index (χ3n) is 9.76. The lowest BCUT2D eigenvalue weighted by Gasteiger charge is -2.39. The van der Waals surface area contributed by atoms with Crippen LogP contribution in [0.3, 0.4) is 0 Å². The molecular formula is C37H49ClN6O9S. The molecule has 2 aliphatic heterocycles. The van der Waals surface area contributed by atoms with Gasteiger partial charge in [0.05, 0.1) is 98.7 Å². The maximum atomic E-state index is 14.4. The van der Waals surface area contributed by atoms with Gasteiger partial charge in [0, 0.05) is 30.9 Å². The summed E-state index contributed by atoms with van der Waals surface area (Å²) in [7, 11) is -3.42. The third-order valence-corrected chi connectivity index (χ3v) is 11.7. The maximum Gasteiger partial charge on any atom is 0.242 e. The molecule has 0 bridgehead atoms. The van der Waals surface area contributed by atoms with E-state index in [1.165, 1.54) is 6.92 Å². The molecule has 15 nitrogen and oxygen atoms in total. The van der Waals surface area contributed by atoms with Crippen molar-refractivity contribution in [1.29, 1.82) is 0 Å². The van der Waals surface area contributed by atoms with Crippen LogP contribution in [0.4, 0.5) is 5.69 Å². The third kappa shape index (κ3) is 10.1. The van der Waals surface area contributed by atoms with E-state index in [1.54, 1.807) is 34.3 Å². The van der Waals surface area contributed by atoms with Gasteiger partial charge in [0.15, 0.2) is 9.84 Å². The highest BCUT2D eigenvalue weighted by Crippen LogP contribution is 2.48. The number of halogens is 1. The quantitative estimate of drug-likeness (QED) is 0.118. The number of terminal acetylenes is 1. The number of pyridine rings is 1. The molecule has 0 aliphatic carbocycles. The number of likely N-dealkylation sites (tertiary alicyclic amines) is 1. The summed E-state index contributed by atoms with van der Waals surface area (Å²) in [6.45, 7) is 5.06. The number of hydrogen-bond donors (Lipinski definition) is 2. The Balaban J connectivity index is 1.17. The molecule has 2 atom stereocenters. The summed E-state index contributed by atoms with van der Waals surface area (Å²) in [5.74, 6) is 2.31. The molecule has 0 radical (unpaired) electrons. The summed E-state index contributed by atoms with van der Waals surface area (Å²) in [5, 5.41) is 10.4. The van der Waals surface area contributed by atoms with Crippen molar-refractivity contribution in [3.8, 4) is 12.3 Å². The lowest BCUT2D eigenvalue weighted by Crippen LogP contribution is -2.55. The molecule has 1 spiro atoms. The fraction of sp³-hybridized carbons (Fsp3) is 0.568. The number of nitrogens with zero attached hydrogens (tertiary/aromatic N) is 5. The lowest BCUT2D eigenvalue weighted by atomic mass is 9.74. The number of fused-ring (bicyclic) bond motifs is 3. The number of carbonyl (C=O) groups is 2. The molecule has 1 saturated heterocycles. The van der Waals surface area contributed by atoms with Crippen LogP contribution in [0.25, 0.3) is 11.0 Å². The summed E-state index contributed by atoms with van der Waals surface area (Å²) >= 11 is 6.32. The monoisotopic (exact) mass is 788 g/mol. The Bertz CT molecular complexity index is 1890. The maximum absolute atomic E-state index is 14.4. The summed E-state index contributed by atoms with van der Waals surface area (Å²) in [5.41, 5.74) is 7.98. The van der Waals surface area contributed by atoms with Crippen molar-refractivity contribution in [3.63, 3.8) is 0 Å². The first-order chi connectivity index (χ1) is 26.0. The minimum atomic E-state index is -3.42. The van der Waals surface area contributed by atoms with Crippen LogP contribution in [-0.4, -0.2) is 134 Å². The summed E-state index contributed by atoms with van der Waals surface area (Å²) in [6, 6.07) is 6.16. The van der Waals surface area contributed by atoms with Crippen molar-refractivity contribution in [2.24, 2.45) is 5.73 Å². The second-order valence-corrected chi connectivity index (χ2v) is 16.1. The Hall–Kier alpha value is -3.66. The molecular weight excluding hydrogens is 740 g/mol. The van der Waals surface area contributed by atoms with E-state index >= 15 is 0 Å². The zero-order valence-corrected chi connectivity index (χ0v) is 32.1. The largest absolute Gasteiger partial charge is 0.391 e. The van der Waals surface area contributed by atoms with Crippen molar-refractivity contribution in [2.75, 3.05) is 82.4 Å². The number of sulfone groups is 1. The summed E-state index contributed by atoms with van der Waals surface area (Å²) < 4.78 is 49.2. The van der Waals surface area contributed by atoms with Gasteiger partial charge in [-0.15, -0.1) is 6.42 Å². The second-order valence-electron chi connectivity index (χ2n) is 13.4. The smallest absolute Gasteiger partial charge is 0.242 e. The number of carbonyl (C=O) groups excluding carboxylic acids is 2. The number of amides is 2. The van der Waals surface area contributed by atoms with Gasteiger partial charge in [0.2, 0.25) is 11.8 Å². The number of anilines is 1. The Kier molecular flexibility index (Phi) is 14.8. The number of hydrogen-bond acceptors (Lipinski definition) is 12. The molecule has 4 heterocycles. The number of imidazole rings is 1. The molecule has 294 valence electrons. The van der Waals surface area contributed by atoms with E-state index in [2.05, 4.69) is 10.9 Å². The normalized spacial score (nSPS) is 16.5. The van der Waals surface area contributed by atoms with E-state index in [0.717, 1.165) is 11.1 Å². The molecule has 5 rings (SSSR count). The topological polar surface area (TPSA) is 189 Å². The minimum absolute atomic E-state index is 0.0536. The number of ether oxygens (including phenoxy) is 4. The number of aromatic nitrogens is 3. The highest BCUT2D eigenvalue weighted by molar-refractivity contribution is 7.91. The summed E-state index contributed by atoms with van der Waals surface area (Å²) in [6.07, 6.45) is 8.54. The van der Waals surface area contributed by atoms with Gasteiger partial charge in [-0.1, -0.05) is 17.5 Å². The van der Waals surface area contributed by atoms with E-state index in [4.69, 9.17) is 47.7 Å². The van der Waals surface area contributed by atoms with Crippen molar-refractivity contribution in [2.45, 2.75) is 56.8 Å². The SMILES string of the molecule is C#CCOCCOCCOCCOCCS(=O)(=O)CCCn1c(CN2C(=O)C3(CCN(C(=O)[C@@H](N)[C@@H](C)O)CC3)c3ccncc32)nc2cc(Cl)ccc21. The molecule has 0 saturated carbocycles. The van der Waals surface area contributed by atoms with Gasteiger partial charge in [-0.05, 0) is 56.0 Å². The van der Waals surface area contributed by atoms with E-state index in [-0.39, 0.29) is 49.7 Å². The first-order valence-corrected chi connectivity index (χ1v) is 20.3. The molecule has 1 aromatic carbocycles. The number of benzene rings is 1. The van der Waals surface area contributed by atoms with Gasteiger partial charge in [-0.3, -0.25) is 14.6 Å². The highest BCUT2D eigenvalue weighted by atomic mass is 35.5. The fourth-order valence-corrected chi connectivity index (χ4v) is 8.15. The van der Waals surface area contributed by atoms with Gasteiger partial charge < -0.3 is 44.2 Å². The van der Waals surface area contributed by atoms with Gasteiger partial charge in [-0.25, -0.2) is 13.4 Å². The Morgan fingerprint density at radius 3 is 2.39 bits per heavy atom. The van der Waals surface area contributed by atoms with Gasteiger partial charge in [-0.2, -0.15) is 0 Å². The van der Waals surface area contributed by atoms with Crippen LogP contribution < -0.4 is 10.6 Å². The molecule has 17 heteroatoms.